The number of aromatic nitrogens is 3. The van der Waals surface area contributed by atoms with E-state index in [9.17, 15) is 0 Å². The smallest absolute Gasteiger partial charge is 0.253 e. The summed E-state index contributed by atoms with van der Waals surface area (Å²) in [6.45, 7) is 5.46. The van der Waals surface area contributed by atoms with Gasteiger partial charge in [-0.25, -0.2) is 11.0 Å². The van der Waals surface area contributed by atoms with Crippen molar-refractivity contribution in [1.29, 1.82) is 0 Å². The highest BCUT2D eigenvalue weighted by Crippen LogP contribution is 2.07. The minimum Gasteiger partial charge on any atom is -0.368 e. The SMILES string of the molecule is CCCCCONc1nc(N)nc(NOCCCCC)n1. The van der Waals surface area contributed by atoms with E-state index in [1.165, 1.54) is 0 Å². The normalized spacial score (nSPS) is 10.6. The Bertz CT molecular complexity index is 359. The number of nitrogen functional groups attached to an aromatic ring is 1. The summed E-state index contributed by atoms with van der Waals surface area (Å²) >= 11 is 0. The largest absolute Gasteiger partial charge is 0.368 e. The van der Waals surface area contributed by atoms with Gasteiger partial charge in [0.2, 0.25) is 5.95 Å². The van der Waals surface area contributed by atoms with Crippen molar-refractivity contribution in [3.63, 3.8) is 0 Å². The molecule has 8 nitrogen and oxygen atoms in total. The van der Waals surface area contributed by atoms with Gasteiger partial charge < -0.3 is 5.73 Å². The van der Waals surface area contributed by atoms with Gasteiger partial charge in [-0.3, -0.25) is 9.68 Å². The molecule has 21 heavy (non-hydrogen) atoms. The zero-order valence-electron chi connectivity index (χ0n) is 12.9. The first kappa shape index (κ1) is 17.4. The molecule has 0 bridgehead atoms. The average Bonchev–Trinajstić information content (AvgIpc) is 2.46. The lowest BCUT2D eigenvalue weighted by atomic mass is 10.3. The Labute approximate surface area is 125 Å². The van der Waals surface area contributed by atoms with Crippen molar-refractivity contribution >= 4 is 17.8 Å². The van der Waals surface area contributed by atoms with Crippen LogP contribution in [0.15, 0.2) is 0 Å². The maximum Gasteiger partial charge on any atom is 0.253 e. The third-order valence-corrected chi connectivity index (χ3v) is 2.68. The van der Waals surface area contributed by atoms with E-state index in [0.29, 0.717) is 13.2 Å². The first-order chi connectivity index (χ1) is 10.3. The first-order valence-corrected chi connectivity index (χ1v) is 7.53. The summed E-state index contributed by atoms with van der Waals surface area (Å²) in [6, 6.07) is 0. The third-order valence-electron chi connectivity index (χ3n) is 2.68. The van der Waals surface area contributed by atoms with Crippen LogP contribution < -0.4 is 16.7 Å². The molecule has 0 spiro atoms. The van der Waals surface area contributed by atoms with E-state index >= 15 is 0 Å². The second kappa shape index (κ2) is 11.0. The van der Waals surface area contributed by atoms with Crippen LogP contribution in [0.1, 0.15) is 52.4 Å². The van der Waals surface area contributed by atoms with Crippen molar-refractivity contribution in [2.45, 2.75) is 52.4 Å². The molecule has 0 saturated carbocycles. The van der Waals surface area contributed by atoms with Crippen LogP contribution in [0, 0.1) is 0 Å². The molecule has 0 unspecified atom stereocenters. The second-order valence-electron chi connectivity index (χ2n) is 4.66. The molecular weight excluding hydrogens is 272 g/mol. The van der Waals surface area contributed by atoms with E-state index in [-0.39, 0.29) is 17.8 Å². The van der Waals surface area contributed by atoms with Crippen molar-refractivity contribution in [3.8, 4) is 0 Å². The molecule has 1 heterocycles. The molecule has 8 heteroatoms. The molecular formula is C13H26N6O2. The molecule has 0 amide bonds. The van der Waals surface area contributed by atoms with E-state index in [1.54, 1.807) is 0 Å². The third kappa shape index (κ3) is 8.26. The summed E-state index contributed by atoms with van der Waals surface area (Å²) in [6.07, 6.45) is 6.50. The number of nitrogens with zero attached hydrogens (tertiary/aromatic N) is 3. The fourth-order valence-electron chi connectivity index (χ4n) is 1.56. The lowest BCUT2D eigenvalue weighted by Crippen LogP contribution is -2.12. The van der Waals surface area contributed by atoms with Gasteiger partial charge in [0.25, 0.3) is 11.9 Å². The number of unbranched alkanes of at least 4 members (excludes halogenated alkanes) is 4. The summed E-state index contributed by atoms with van der Waals surface area (Å²) in [5, 5.41) is 0. The Kier molecular flexibility index (Phi) is 9.14. The van der Waals surface area contributed by atoms with Crippen molar-refractivity contribution in [3.05, 3.63) is 0 Å². The fourth-order valence-corrected chi connectivity index (χ4v) is 1.56. The highest BCUT2D eigenvalue weighted by atomic mass is 16.6. The van der Waals surface area contributed by atoms with Crippen molar-refractivity contribution in [2.24, 2.45) is 0 Å². The lowest BCUT2D eigenvalue weighted by molar-refractivity contribution is 0.181. The van der Waals surface area contributed by atoms with Crippen LogP contribution in [-0.2, 0) is 9.68 Å². The van der Waals surface area contributed by atoms with Gasteiger partial charge in [0.1, 0.15) is 0 Å². The molecule has 0 aromatic carbocycles. The predicted octanol–water partition coefficient (Wildman–Crippen LogP) is 2.52. The first-order valence-electron chi connectivity index (χ1n) is 7.53. The van der Waals surface area contributed by atoms with Gasteiger partial charge in [0.05, 0.1) is 13.2 Å². The number of nitrogens with one attached hydrogen (secondary N) is 2. The van der Waals surface area contributed by atoms with Crippen molar-refractivity contribution < 1.29 is 9.68 Å². The van der Waals surface area contributed by atoms with E-state index in [1.807, 2.05) is 0 Å². The summed E-state index contributed by atoms with van der Waals surface area (Å²) in [5.74, 6) is 0.627. The number of hydrogen-bond acceptors (Lipinski definition) is 8. The topological polar surface area (TPSA) is 107 Å². The van der Waals surface area contributed by atoms with E-state index < -0.39 is 0 Å². The molecule has 4 N–H and O–H groups in total. The minimum atomic E-state index is 0.101. The average molecular weight is 298 g/mol. The quantitative estimate of drug-likeness (QED) is 0.399. The number of nitrogens with two attached hydrogens (primary N) is 1. The number of hydrogen-bond donors (Lipinski definition) is 3. The molecule has 0 fully saturated rings. The fraction of sp³-hybridized carbons (Fsp3) is 0.769. The van der Waals surface area contributed by atoms with Crippen molar-refractivity contribution in [1.82, 2.24) is 15.0 Å². The maximum absolute atomic E-state index is 5.61. The summed E-state index contributed by atoms with van der Waals surface area (Å²) in [4.78, 5) is 22.5. The van der Waals surface area contributed by atoms with Crippen LogP contribution in [0.5, 0.6) is 0 Å². The highest BCUT2D eigenvalue weighted by molar-refractivity contribution is 5.37. The molecule has 0 aliphatic heterocycles. The maximum atomic E-state index is 5.61. The lowest BCUT2D eigenvalue weighted by Gasteiger charge is -2.08. The molecule has 1 aromatic heterocycles. The summed E-state index contributed by atoms with van der Waals surface area (Å²) in [7, 11) is 0. The molecule has 0 atom stereocenters. The Morgan fingerprint density at radius 2 is 1.29 bits per heavy atom. The van der Waals surface area contributed by atoms with Gasteiger partial charge in [-0.05, 0) is 12.8 Å². The van der Waals surface area contributed by atoms with Gasteiger partial charge in [-0.1, -0.05) is 39.5 Å². The van der Waals surface area contributed by atoms with Gasteiger partial charge in [0.15, 0.2) is 0 Å². The highest BCUT2D eigenvalue weighted by Gasteiger charge is 2.04. The van der Waals surface area contributed by atoms with Crippen LogP contribution >= 0.6 is 0 Å². The van der Waals surface area contributed by atoms with Gasteiger partial charge in [-0.15, -0.1) is 0 Å². The van der Waals surface area contributed by atoms with Crippen LogP contribution in [0.25, 0.3) is 0 Å². The summed E-state index contributed by atoms with van der Waals surface area (Å²) in [5.41, 5.74) is 10.9. The molecule has 0 aliphatic carbocycles. The monoisotopic (exact) mass is 298 g/mol. The Hall–Kier alpha value is -1.67. The predicted molar refractivity (Wildman–Crippen MR) is 82.4 cm³/mol. The van der Waals surface area contributed by atoms with Crippen LogP contribution in [0.3, 0.4) is 0 Å². The molecule has 0 radical (unpaired) electrons. The zero-order chi connectivity index (χ0) is 15.3. The van der Waals surface area contributed by atoms with Crippen molar-refractivity contribution in [2.75, 3.05) is 29.9 Å². The standard InChI is InChI=1S/C13H26N6O2/c1-3-5-7-9-20-18-12-15-11(14)16-13(17-12)19-21-10-8-6-4-2/h3-10H2,1-2H3,(H4,14,15,16,17,18,19). The summed E-state index contributed by atoms with van der Waals surface area (Å²) < 4.78 is 0. The molecule has 0 aliphatic rings. The Morgan fingerprint density at radius 1 is 0.810 bits per heavy atom. The zero-order valence-corrected chi connectivity index (χ0v) is 12.9. The second-order valence-corrected chi connectivity index (χ2v) is 4.66. The number of anilines is 3. The van der Waals surface area contributed by atoms with Crippen LogP contribution in [-0.4, -0.2) is 28.2 Å². The van der Waals surface area contributed by atoms with Crippen LogP contribution in [0.2, 0.25) is 0 Å². The van der Waals surface area contributed by atoms with E-state index in [4.69, 9.17) is 15.4 Å². The van der Waals surface area contributed by atoms with Gasteiger partial charge in [-0.2, -0.15) is 15.0 Å². The number of rotatable bonds is 12. The molecule has 120 valence electrons. The Balaban J connectivity index is 2.32. The van der Waals surface area contributed by atoms with Crippen LogP contribution in [0.4, 0.5) is 17.8 Å². The molecule has 1 rings (SSSR count). The molecule has 1 aromatic rings. The Morgan fingerprint density at radius 3 is 1.71 bits per heavy atom. The molecule has 0 saturated heterocycles. The van der Waals surface area contributed by atoms with Gasteiger partial charge >= 0.3 is 0 Å². The van der Waals surface area contributed by atoms with Gasteiger partial charge in [0, 0.05) is 0 Å². The van der Waals surface area contributed by atoms with E-state index in [0.717, 1.165) is 38.5 Å². The minimum absolute atomic E-state index is 0.101. The van der Waals surface area contributed by atoms with E-state index in [2.05, 4.69) is 39.8 Å².